The number of hydrogen-bond acceptors (Lipinski definition) is 1. The van der Waals surface area contributed by atoms with Crippen molar-refractivity contribution in [3.63, 3.8) is 0 Å². The predicted molar refractivity (Wildman–Crippen MR) is 118 cm³/mol. The van der Waals surface area contributed by atoms with Gasteiger partial charge in [0.05, 0.1) is 6.26 Å². The van der Waals surface area contributed by atoms with Gasteiger partial charge in [-0.25, -0.2) is 0 Å². The molecule has 30 heavy (non-hydrogen) atoms. The van der Waals surface area contributed by atoms with Crippen molar-refractivity contribution in [2.45, 2.75) is 71.1 Å². The van der Waals surface area contributed by atoms with Crippen molar-refractivity contribution in [3.8, 4) is 0 Å². The molecule has 0 aromatic heterocycles. The van der Waals surface area contributed by atoms with Crippen LogP contribution in [-0.4, -0.2) is 43.0 Å². The zero-order chi connectivity index (χ0) is 23.2. The van der Waals surface area contributed by atoms with E-state index in [-0.39, 0.29) is 10.9 Å². The molecule has 0 aliphatic carbocycles. The Balaban J connectivity index is 0.00000103. The number of carbonyl (C=O) groups is 1. The zero-order valence-electron chi connectivity index (χ0n) is 17.9. The van der Waals surface area contributed by atoms with Crippen molar-refractivity contribution in [2.75, 3.05) is 17.8 Å². The van der Waals surface area contributed by atoms with Gasteiger partial charge in [0, 0.05) is 5.56 Å². The van der Waals surface area contributed by atoms with Crippen molar-refractivity contribution in [3.05, 3.63) is 35.9 Å². The third-order valence-electron chi connectivity index (χ3n) is 4.32. The molecular formula is C21H35F6OSSb. The number of ketones is 1. The van der Waals surface area contributed by atoms with E-state index < -0.39 is 19.5 Å². The van der Waals surface area contributed by atoms with E-state index in [1.54, 1.807) is 0 Å². The summed E-state index contributed by atoms with van der Waals surface area (Å²) in [5, 5.41) is 0. The van der Waals surface area contributed by atoms with Gasteiger partial charge in [-0.2, -0.15) is 0 Å². The first-order valence-electron chi connectivity index (χ1n) is 10.4. The number of benzene rings is 1. The number of Topliss-reactive ketones (excluding diaryl/α,β-unsaturated/α-hetero) is 1. The molecule has 9 heteroatoms. The van der Waals surface area contributed by atoms with Gasteiger partial charge in [0.15, 0.2) is 5.75 Å². The summed E-state index contributed by atoms with van der Waals surface area (Å²) in [6.45, 7) is 2.27. The van der Waals surface area contributed by atoms with Gasteiger partial charge >= 0.3 is 36.4 Å². The summed E-state index contributed by atoms with van der Waals surface area (Å²) < 4.78 is 59.6. The van der Waals surface area contributed by atoms with E-state index in [4.69, 9.17) is 0 Å². The molecule has 0 spiro atoms. The maximum absolute atomic E-state index is 12.1. The van der Waals surface area contributed by atoms with Crippen molar-refractivity contribution >= 4 is 36.2 Å². The molecule has 1 nitrogen and oxygen atoms in total. The summed E-state index contributed by atoms with van der Waals surface area (Å²) in [6, 6.07) is 9.72. The van der Waals surface area contributed by atoms with Crippen molar-refractivity contribution in [1.29, 1.82) is 0 Å². The quantitative estimate of drug-likeness (QED) is 0.0724. The molecule has 0 bridgehead atoms. The molecule has 0 saturated carbocycles. The molecule has 178 valence electrons. The van der Waals surface area contributed by atoms with Gasteiger partial charge in [0.1, 0.15) is 5.75 Å². The second kappa shape index (κ2) is 13.2. The Bertz CT molecular complexity index is 581. The van der Waals surface area contributed by atoms with Crippen molar-refractivity contribution in [2.24, 2.45) is 0 Å². The molecule has 1 rings (SSSR count). The summed E-state index contributed by atoms with van der Waals surface area (Å²) in [5.41, 5.74) is 0.870. The molecule has 1 aromatic carbocycles. The van der Waals surface area contributed by atoms with Gasteiger partial charge in [0.2, 0.25) is 5.78 Å². The van der Waals surface area contributed by atoms with E-state index in [9.17, 15) is 21.7 Å². The predicted octanol–water partition coefficient (Wildman–Crippen LogP) is 8.18. The number of halogens is 6. The van der Waals surface area contributed by atoms with Crippen LogP contribution >= 0.6 is 0 Å². The zero-order valence-corrected chi connectivity index (χ0v) is 21.3. The summed E-state index contributed by atoms with van der Waals surface area (Å²) >= 11 is -11.2. The minimum absolute atomic E-state index is 0.237. The second-order valence-electron chi connectivity index (χ2n) is 7.56. The Morgan fingerprint density at radius 1 is 0.767 bits per heavy atom. The van der Waals surface area contributed by atoms with Gasteiger partial charge in [-0.05, 0) is 23.7 Å². The third-order valence-corrected chi connectivity index (χ3v) is 6.06. The van der Waals surface area contributed by atoms with E-state index in [0.29, 0.717) is 5.78 Å². The van der Waals surface area contributed by atoms with Crippen LogP contribution in [-0.2, 0) is 10.9 Å². The van der Waals surface area contributed by atoms with E-state index >= 15 is 0 Å². The summed E-state index contributed by atoms with van der Waals surface area (Å²) in [7, 11) is 0.237. The monoisotopic (exact) mass is 570 g/mol. The SMILES string of the molecule is CCCCCCCCCCCC[S+](C)CC(=O)c1ccccc1.[F][Sb-]([F])([F])([F])([F])[F]. The van der Waals surface area contributed by atoms with Crippen LogP contribution in [0.4, 0.5) is 16.9 Å². The molecule has 0 fully saturated rings. The minimum atomic E-state index is -11.2. The Morgan fingerprint density at radius 2 is 1.17 bits per heavy atom. The molecule has 0 heterocycles. The number of hydrogen-bond donors (Lipinski definition) is 0. The van der Waals surface area contributed by atoms with E-state index in [1.807, 2.05) is 30.3 Å². The fourth-order valence-electron chi connectivity index (χ4n) is 2.84. The number of rotatable bonds is 14. The maximum atomic E-state index is 12.1. The summed E-state index contributed by atoms with van der Waals surface area (Å²) in [6.07, 6.45) is 16.1. The van der Waals surface area contributed by atoms with Crippen LogP contribution in [0.15, 0.2) is 30.3 Å². The van der Waals surface area contributed by atoms with E-state index in [1.165, 1.54) is 70.0 Å². The molecule has 0 radical (unpaired) electrons. The Hall–Kier alpha value is -0.362. The Morgan fingerprint density at radius 3 is 1.60 bits per heavy atom. The fourth-order valence-corrected chi connectivity index (χ4v) is 4.29. The second-order valence-corrected chi connectivity index (χ2v) is 15.3. The first kappa shape index (κ1) is 29.6. The fraction of sp³-hybridized carbons (Fsp3) is 0.667. The van der Waals surface area contributed by atoms with Gasteiger partial charge in [-0.15, -0.1) is 0 Å². The molecule has 1 aromatic rings. The first-order chi connectivity index (χ1) is 13.7. The van der Waals surface area contributed by atoms with Crippen LogP contribution in [0.25, 0.3) is 0 Å². The van der Waals surface area contributed by atoms with Crippen LogP contribution in [0.5, 0.6) is 0 Å². The number of carbonyl (C=O) groups excluding carboxylic acids is 1. The van der Waals surface area contributed by atoms with Crippen LogP contribution in [0, 0.1) is 0 Å². The van der Waals surface area contributed by atoms with Crippen LogP contribution in [0.2, 0.25) is 0 Å². The molecule has 0 aliphatic rings. The summed E-state index contributed by atoms with van der Waals surface area (Å²) in [4.78, 5) is 12.1. The molecule has 1 unspecified atom stereocenters. The van der Waals surface area contributed by atoms with Gasteiger partial charge in [0.25, 0.3) is 0 Å². The molecule has 0 saturated heterocycles. The average Bonchev–Trinajstić information content (AvgIpc) is 2.61. The normalized spacial score (nSPS) is 14.8. The van der Waals surface area contributed by atoms with Crippen LogP contribution < -0.4 is 0 Å². The van der Waals surface area contributed by atoms with E-state index in [0.717, 1.165) is 11.3 Å². The van der Waals surface area contributed by atoms with Gasteiger partial charge < -0.3 is 0 Å². The molecule has 1 atom stereocenters. The van der Waals surface area contributed by atoms with Crippen molar-refractivity contribution < 1.29 is 21.7 Å². The van der Waals surface area contributed by atoms with Crippen LogP contribution in [0.1, 0.15) is 81.5 Å². The molecule has 0 amide bonds. The topological polar surface area (TPSA) is 17.1 Å². The number of unbranched alkanes of at least 4 members (excludes halogenated alkanes) is 9. The van der Waals surface area contributed by atoms with Crippen LogP contribution in [0.3, 0.4) is 0 Å². The van der Waals surface area contributed by atoms with Gasteiger partial charge in [-0.3, -0.25) is 4.79 Å². The molecule has 0 aliphatic heterocycles. The molecular weight excluding hydrogens is 536 g/mol. The first-order valence-corrected chi connectivity index (χ1v) is 18.2. The molecule has 0 N–H and O–H groups in total. The Labute approximate surface area is 182 Å². The third kappa shape index (κ3) is 25.7. The average molecular weight is 571 g/mol. The Kier molecular flexibility index (Phi) is 13.1. The van der Waals surface area contributed by atoms with Crippen molar-refractivity contribution in [1.82, 2.24) is 0 Å². The van der Waals surface area contributed by atoms with Gasteiger partial charge in [-0.1, -0.05) is 88.6 Å². The summed E-state index contributed by atoms with van der Waals surface area (Å²) in [5.74, 6) is 2.25. The standard InChI is InChI=1S/C21H35OS.6FH.Sb/c1-3-4-5-6-7-8-9-10-11-15-18-23(2)19-21(22)20-16-13-12-14-17-20;;;;;;;/h12-14,16-17H,3-11,15,18-19H2,1-2H3;6*1H;/q+1;;;;;;;+5/p-6. The van der Waals surface area contributed by atoms with E-state index in [2.05, 4.69) is 13.2 Å².